The number of hydrogen-bond donors (Lipinski definition) is 0. The second-order valence-corrected chi connectivity index (χ2v) is 14.4. The van der Waals surface area contributed by atoms with Gasteiger partial charge in [0.2, 0.25) is 0 Å². The van der Waals surface area contributed by atoms with Crippen molar-refractivity contribution in [3.8, 4) is 16.9 Å². The average Bonchev–Trinajstić information content (AvgIpc) is 2.68. The van der Waals surface area contributed by atoms with Crippen LogP contribution in [0, 0.1) is 0 Å². The Balaban J connectivity index is 1.90. The molecule has 30 heavy (non-hydrogen) atoms. The molecule has 0 aliphatic heterocycles. The highest BCUT2D eigenvalue weighted by Crippen LogP contribution is 2.36. The third-order valence-electron chi connectivity index (χ3n) is 5.48. The molecule has 0 saturated carbocycles. The summed E-state index contributed by atoms with van der Waals surface area (Å²) in [6.45, 7) is 14.8. The first-order valence-corrected chi connectivity index (χ1v) is 14.1. The van der Waals surface area contributed by atoms with Crippen molar-refractivity contribution in [1.29, 1.82) is 0 Å². The topological polar surface area (TPSA) is 44.8 Å². The lowest BCUT2D eigenvalue weighted by atomic mass is 10.0. The molecular weight excluding hydrogens is 460 g/mol. The molecule has 0 unspecified atom stereocenters. The number of benzene rings is 2. The van der Waals surface area contributed by atoms with E-state index >= 15 is 0 Å². The minimum atomic E-state index is -1.70. The first-order valence-electron chi connectivity index (χ1n) is 10.4. The standard InChI is InChI=1S/C24H33BrO4Si/c1-7-27-23(26)19-11-9-18(10-12-19)20-13-14-22(21(25)17-20)28-15-8-16-29-30(5,6)24(2,3)4/h9-14,17H,7-8,15-16H2,1-6H3. The molecule has 0 atom stereocenters. The van der Waals surface area contributed by atoms with E-state index in [0.717, 1.165) is 34.4 Å². The van der Waals surface area contributed by atoms with Gasteiger partial charge in [-0.3, -0.25) is 0 Å². The molecule has 0 amide bonds. The maximum atomic E-state index is 11.8. The van der Waals surface area contributed by atoms with E-state index in [1.807, 2.05) is 30.3 Å². The van der Waals surface area contributed by atoms with Crippen LogP contribution in [0.1, 0.15) is 44.5 Å². The third-order valence-corrected chi connectivity index (χ3v) is 10.6. The number of carbonyl (C=O) groups excluding carboxylic acids is 1. The molecule has 164 valence electrons. The first kappa shape index (κ1) is 24.6. The van der Waals surface area contributed by atoms with Gasteiger partial charge < -0.3 is 13.9 Å². The number of hydrogen-bond acceptors (Lipinski definition) is 4. The summed E-state index contributed by atoms with van der Waals surface area (Å²) in [7, 11) is -1.70. The van der Waals surface area contributed by atoms with Gasteiger partial charge in [-0.15, -0.1) is 0 Å². The molecule has 2 aromatic rings. The van der Waals surface area contributed by atoms with Crippen molar-refractivity contribution in [1.82, 2.24) is 0 Å². The Hall–Kier alpha value is -1.63. The Morgan fingerprint density at radius 1 is 1.00 bits per heavy atom. The molecule has 0 fully saturated rings. The molecule has 0 aromatic heterocycles. The largest absolute Gasteiger partial charge is 0.492 e. The van der Waals surface area contributed by atoms with Crippen LogP contribution in [-0.4, -0.2) is 34.1 Å². The SMILES string of the molecule is CCOC(=O)c1ccc(-c2ccc(OCCCO[Si](C)(C)C(C)(C)C)c(Br)c2)cc1. The van der Waals surface area contributed by atoms with Crippen molar-refractivity contribution >= 4 is 30.2 Å². The van der Waals surface area contributed by atoms with Gasteiger partial charge in [-0.2, -0.15) is 0 Å². The maximum absolute atomic E-state index is 11.8. The Morgan fingerprint density at radius 2 is 1.63 bits per heavy atom. The van der Waals surface area contributed by atoms with E-state index < -0.39 is 8.32 Å². The van der Waals surface area contributed by atoms with Crippen molar-refractivity contribution in [3.63, 3.8) is 0 Å². The van der Waals surface area contributed by atoms with Crippen molar-refractivity contribution in [2.24, 2.45) is 0 Å². The highest BCUT2D eigenvalue weighted by molar-refractivity contribution is 9.10. The zero-order chi connectivity index (χ0) is 22.4. The Labute approximate surface area is 190 Å². The molecule has 0 radical (unpaired) electrons. The van der Waals surface area contributed by atoms with Gasteiger partial charge in [-0.1, -0.05) is 39.0 Å². The first-order chi connectivity index (χ1) is 14.0. The third kappa shape index (κ3) is 6.69. The molecule has 2 aromatic carbocycles. The van der Waals surface area contributed by atoms with Gasteiger partial charge in [-0.05, 0) is 76.4 Å². The van der Waals surface area contributed by atoms with Crippen LogP contribution in [0.2, 0.25) is 18.1 Å². The summed E-state index contributed by atoms with van der Waals surface area (Å²) in [6.07, 6.45) is 0.857. The van der Waals surface area contributed by atoms with Gasteiger partial charge in [0.25, 0.3) is 0 Å². The van der Waals surface area contributed by atoms with Crippen LogP contribution in [0.4, 0.5) is 0 Å². The average molecular weight is 494 g/mol. The summed E-state index contributed by atoms with van der Waals surface area (Å²) in [5, 5.41) is 0.223. The summed E-state index contributed by atoms with van der Waals surface area (Å²) in [4.78, 5) is 11.8. The predicted molar refractivity (Wildman–Crippen MR) is 129 cm³/mol. The molecule has 0 heterocycles. The van der Waals surface area contributed by atoms with E-state index in [-0.39, 0.29) is 11.0 Å². The molecule has 6 heteroatoms. The van der Waals surface area contributed by atoms with E-state index in [1.54, 1.807) is 19.1 Å². The summed E-state index contributed by atoms with van der Waals surface area (Å²) in [6, 6.07) is 13.4. The molecule has 0 N–H and O–H groups in total. The number of halogens is 1. The van der Waals surface area contributed by atoms with Crippen molar-refractivity contribution in [2.45, 2.75) is 52.2 Å². The fourth-order valence-electron chi connectivity index (χ4n) is 2.60. The van der Waals surface area contributed by atoms with E-state index in [1.165, 1.54) is 0 Å². The fraction of sp³-hybridized carbons (Fsp3) is 0.458. The van der Waals surface area contributed by atoms with Crippen LogP contribution in [0.25, 0.3) is 11.1 Å². The number of esters is 1. The van der Waals surface area contributed by atoms with Gasteiger partial charge in [0.1, 0.15) is 5.75 Å². The summed E-state index contributed by atoms with van der Waals surface area (Å²) < 4.78 is 18.1. The van der Waals surface area contributed by atoms with Crippen LogP contribution in [0.5, 0.6) is 5.75 Å². The summed E-state index contributed by atoms with van der Waals surface area (Å²) in [5.41, 5.74) is 2.63. The Morgan fingerprint density at radius 3 is 2.20 bits per heavy atom. The minimum absolute atomic E-state index is 0.223. The van der Waals surface area contributed by atoms with E-state index in [0.29, 0.717) is 18.8 Å². The van der Waals surface area contributed by atoms with Crippen LogP contribution in [0.3, 0.4) is 0 Å². The van der Waals surface area contributed by atoms with Crippen LogP contribution < -0.4 is 4.74 Å². The zero-order valence-electron chi connectivity index (χ0n) is 18.9. The molecule has 0 aliphatic carbocycles. The molecule has 0 aliphatic rings. The highest BCUT2D eigenvalue weighted by atomic mass is 79.9. The van der Waals surface area contributed by atoms with Gasteiger partial charge in [0, 0.05) is 13.0 Å². The monoisotopic (exact) mass is 492 g/mol. The van der Waals surface area contributed by atoms with Crippen LogP contribution in [0.15, 0.2) is 46.9 Å². The highest BCUT2D eigenvalue weighted by Gasteiger charge is 2.36. The second kappa shape index (κ2) is 10.6. The van der Waals surface area contributed by atoms with E-state index in [2.05, 4.69) is 49.8 Å². The Kier molecular flexibility index (Phi) is 8.70. The number of ether oxygens (including phenoxy) is 2. The minimum Gasteiger partial charge on any atom is -0.492 e. The number of rotatable bonds is 9. The maximum Gasteiger partial charge on any atom is 0.338 e. The van der Waals surface area contributed by atoms with Gasteiger partial charge in [-0.25, -0.2) is 4.79 Å². The van der Waals surface area contributed by atoms with Crippen LogP contribution in [-0.2, 0) is 9.16 Å². The lowest BCUT2D eigenvalue weighted by Gasteiger charge is -2.36. The number of carbonyl (C=O) groups is 1. The second-order valence-electron chi connectivity index (χ2n) is 8.75. The van der Waals surface area contributed by atoms with Gasteiger partial charge in [0.15, 0.2) is 8.32 Å². The quantitative estimate of drug-likeness (QED) is 0.213. The van der Waals surface area contributed by atoms with E-state index in [9.17, 15) is 4.79 Å². The molecule has 0 bridgehead atoms. The smallest absolute Gasteiger partial charge is 0.338 e. The lowest BCUT2D eigenvalue weighted by molar-refractivity contribution is 0.0526. The van der Waals surface area contributed by atoms with Crippen LogP contribution >= 0.6 is 15.9 Å². The Bertz CT molecular complexity index is 841. The molecular formula is C24H33BrO4Si. The van der Waals surface area contributed by atoms with Crippen molar-refractivity contribution < 1.29 is 18.7 Å². The fourth-order valence-corrected chi connectivity index (χ4v) is 4.18. The molecule has 0 saturated heterocycles. The molecule has 2 rings (SSSR count). The van der Waals surface area contributed by atoms with Gasteiger partial charge >= 0.3 is 5.97 Å². The van der Waals surface area contributed by atoms with Gasteiger partial charge in [0.05, 0.1) is 23.2 Å². The van der Waals surface area contributed by atoms with Crippen molar-refractivity contribution in [2.75, 3.05) is 19.8 Å². The molecule has 4 nitrogen and oxygen atoms in total. The zero-order valence-corrected chi connectivity index (χ0v) is 21.5. The summed E-state index contributed by atoms with van der Waals surface area (Å²) >= 11 is 3.61. The van der Waals surface area contributed by atoms with Crippen molar-refractivity contribution in [3.05, 3.63) is 52.5 Å². The normalized spacial score (nSPS) is 12.0. The van der Waals surface area contributed by atoms with E-state index in [4.69, 9.17) is 13.9 Å². The molecule has 0 spiro atoms. The lowest BCUT2D eigenvalue weighted by Crippen LogP contribution is -2.41. The predicted octanol–water partition coefficient (Wildman–Crippen LogP) is 7.08. The summed E-state index contributed by atoms with van der Waals surface area (Å²) in [5.74, 6) is 0.515.